The van der Waals surface area contributed by atoms with E-state index in [2.05, 4.69) is 12.1 Å². The number of rotatable bonds is 8. The number of ketones is 1. The maximum absolute atomic E-state index is 15.4. The fourth-order valence-corrected chi connectivity index (χ4v) is 8.07. The Bertz CT molecular complexity index is 3100. The molecule has 0 saturated carbocycles. The van der Waals surface area contributed by atoms with Crippen LogP contribution in [0.1, 0.15) is 10.4 Å². The van der Waals surface area contributed by atoms with E-state index in [1.165, 1.54) is 0 Å². The fraction of sp³-hybridized carbons (Fsp3) is 0.0213. The molecule has 0 saturated heterocycles. The maximum Gasteiger partial charge on any atom is 0.227 e. The summed E-state index contributed by atoms with van der Waals surface area (Å²) in [6.07, 6.45) is -5.27. The second kappa shape index (κ2) is 19.1. The Labute approximate surface area is 383 Å². The molecule has 3 nitrogen and oxygen atoms in total. The van der Waals surface area contributed by atoms with Gasteiger partial charge in [-0.05, 0) is 35.7 Å². The van der Waals surface area contributed by atoms with Crippen LogP contribution < -0.4 is 26.4 Å². The van der Waals surface area contributed by atoms with Gasteiger partial charge in [-0.25, -0.2) is 87.8 Å². The number of carbonyl (C=O) groups excluding carboxylic acids is 1. The smallest absolute Gasteiger partial charge is 0.227 e. The summed E-state index contributed by atoms with van der Waals surface area (Å²) in [5, 5.41) is 11.8. The average molecular weight is 1020 g/mol. The molecule has 0 amide bonds. The summed E-state index contributed by atoms with van der Waals surface area (Å²) in [5.41, 5.74) is -11.7. The largest absolute Gasteiger partial charge is 0.508 e. The number of Topliss-reactive ketones (excluding diaryl/α,β-unsaturated/α-hetero) is 1. The van der Waals surface area contributed by atoms with Gasteiger partial charge in [0.15, 0.2) is 76.0 Å². The maximum atomic E-state index is 15.4. The molecule has 0 aliphatic carbocycles. The molecule has 24 heteroatoms. The highest BCUT2D eigenvalue weighted by Gasteiger charge is 2.52. The van der Waals surface area contributed by atoms with Crippen LogP contribution in [-0.2, 0) is 6.54 Å². The first-order chi connectivity index (χ1) is 33.4. The number of hydrogen-bond donors (Lipinski definition) is 1. The lowest BCUT2D eigenvalue weighted by Gasteiger charge is -2.44. The molecule has 0 aliphatic rings. The van der Waals surface area contributed by atoms with E-state index in [1.807, 2.05) is 71.4 Å². The first-order valence-electron chi connectivity index (χ1n) is 19.4. The number of pyridine rings is 1. The van der Waals surface area contributed by atoms with Crippen LogP contribution in [0.3, 0.4) is 0 Å². The summed E-state index contributed by atoms with van der Waals surface area (Å²) >= 11 is 0. The Hall–Kier alpha value is -7.92. The van der Waals surface area contributed by atoms with Crippen molar-refractivity contribution in [1.82, 2.24) is 0 Å². The third-order valence-electron chi connectivity index (χ3n) is 11.2. The number of aromatic hydroxyl groups is 1. The second-order valence-corrected chi connectivity index (χ2v) is 15.0. The van der Waals surface area contributed by atoms with Crippen LogP contribution in [0, 0.1) is 116 Å². The highest BCUT2D eigenvalue weighted by atomic mass is 19.2. The van der Waals surface area contributed by atoms with Gasteiger partial charge in [0.1, 0.15) is 58.4 Å². The van der Waals surface area contributed by atoms with E-state index in [1.54, 1.807) is 12.1 Å². The Morgan fingerprint density at radius 1 is 0.380 bits per heavy atom. The van der Waals surface area contributed by atoms with Crippen LogP contribution in [0.4, 0.5) is 87.8 Å². The topological polar surface area (TPSA) is 41.2 Å². The van der Waals surface area contributed by atoms with E-state index in [-0.39, 0.29) is 18.1 Å². The summed E-state index contributed by atoms with van der Waals surface area (Å²) in [4.78, 5) is 12.7. The number of hydrogen-bond acceptors (Lipinski definition) is 2. The molecule has 0 radical (unpaired) electrons. The van der Waals surface area contributed by atoms with Gasteiger partial charge in [-0.15, -0.1) is 21.9 Å². The molecule has 8 aromatic rings. The summed E-state index contributed by atoms with van der Waals surface area (Å²) in [6.45, 7) is 0.255. The first-order valence-corrected chi connectivity index (χ1v) is 19.4. The quantitative estimate of drug-likeness (QED) is 0.0412. The van der Waals surface area contributed by atoms with Crippen molar-refractivity contribution in [3.8, 4) is 17.0 Å². The number of nitrogens with zero attached hydrogens (tertiary/aromatic N) is 1. The molecular formula is C47H18BF20NO2. The van der Waals surface area contributed by atoms with Crippen LogP contribution in [0.15, 0.2) is 91.1 Å². The number of fused-ring (bicyclic) bond motifs is 1. The van der Waals surface area contributed by atoms with E-state index in [0.717, 1.165) is 22.0 Å². The van der Waals surface area contributed by atoms with Crippen LogP contribution >= 0.6 is 0 Å². The van der Waals surface area contributed by atoms with E-state index in [9.17, 15) is 62.6 Å². The highest BCUT2D eigenvalue weighted by Crippen LogP contribution is 2.32. The van der Waals surface area contributed by atoms with E-state index < -0.39 is 144 Å². The molecule has 0 aliphatic heterocycles. The van der Waals surface area contributed by atoms with Crippen molar-refractivity contribution >= 4 is 44.6 Å². The van der Waals surface area contributed by atoms with Crippen molar-refractivity contribution < 1.29 is 102 Å². The number of halogens is 20. The van der Waals surface area contributed by atoms with Gasteiger partial charge in [-0.3, -0.25) is 4.79 Å². The van der Waals surface area contributed by atoms with Crippen molar-refractivity contribution in [1.29, 1.82) is 0 Å². The van der Waals surface area contributed by atoms with Gasteiger partial charge in [0, 0.05) is 17.2 Å². The predicted molar refractivity (Wildman–Crippen MR) is 211 cm³/mol. The lowest BCUT2D eigenvalue weighted by atomic mass is 9.12. The Kier molecular flexibility index (Phi) is 13.7. The highest BCUT2D eigenvalue weighted by molar-refractivity contribution is 7.20. The molecule has 1 heterocycles. The Morgan fingerprint density at radius 3 is 1.04 bits per heavy atom. The molecule has 0 fully saturated rings. The zero-order valence-corrected chi connectivity index (χ0v) is 34.3. The van der Waals surface area contributed by atoms with Crippen molar-refractivity contribution in [2.45, 2.75) is 6.54 Å². The minimum Gasteiger partial charge on any atom is -0.508 e. The number of carbonyl (C=O) groups is 1. The molecule has 366 valence electrons. The second-order valence-electron chi connectivity index (χ2n) is 15.0. The first kappa shape index (κ1) is 50.9. The molecule has 71 heavy (non-hydrogen) atoms. The zero-order valence-electron chi connectivity index (χ0n) is 34.3. The molecule has 0 spiro atoms. The van der Waals surface area contributed by atoms with Crippen LogP contribution in [-0.4, -0.2) is 17.0 Å². The number of phenolic OH excluding ortho intramolecular Hbond substituents is 1. The molecule has 0 unspecified atom stereocenters. The summed E-state index contributed by atoms with van der Waals surface area (Å²) < 4.78 is 296. The van der Waals surface area contributed by atoms with Crippen LogP contribution in [0.5, 0.6) is 5.75 Å². The predicted octanol–water partition coefficient (Wildman–Crippen LogP) is 10.2. The van der Waals surface area contributed by atoms with Gasteiger partial charge in [-0.2, -0.15) is 4.57 Å². The normalized spacial score (nSPS) is 11.5. The third-order valence-corrected chi connectivity index (χ3v) is 11.2. The number of phenols is 1. The molecule has 0 bridgehead atoms. The summed E-state index contributed by atoms with van der Waals surface area (Å²) in [6, 6.07) is 26.6. The lowest BCUT2D eigenvalue weighted by molar-refractivity contribution is -0.671. The average Bonchev–Trinajstić information content (AvgIpc) is 3.37. The molecule has 7 aromatic carbocycles. The molecular weight excluding hydrogens is 1000 g/mol. The Morgan fingerprint density at radius 2 is 0.690 bits per heavy atom. The molecule has 8 rings (SSSR count). The van der Waals surface area contributed by atoms with Crippen molar-refractivity contribution in [2.24, 2.45) is 0 Å². The summed E-state index contributed by atoms with van der Waals surface area (Å²) in [7, 11) is 0. The van der Waals surface area contributed by atoms with E-state index >= 15 is 35.1 Å². The van der Waals surface area contributed by atoms with Gasteiger partial charge in [0.25, 0.3) is 0 Å². The standard InChI is InChI=1S/C24BF20.C23H17NO2/c26-5-1(6(27)14(35)21(42)13(5)34)25(2-7(28)15(36)22(43)16(37)8(2)29,3-9(30)17(38)23(44)18(39)10(3)31)4-11(32)19(40)24(45)20(41)12(4)33;25-20-12-10-19(11-13-20)23-21-9-5-4-6-17(21)14-15-24(23)16-22(26)18-7-2-1-3-8-18/h;1-15H,16H2/q-1;/p+1. The van der Waals surface area contributed by atoms with E-state index in [4.69, 9.17) is 0 Å². The van der Waals surface area contributed by atoms with Gasteiger partial charge in [0.2, 0.25) is 18.0 Å². The lowest BCUT2D eigenvalue weighted by Crippen LogP contribution is -2.81. The summed E-state index contributed by atoms with van der Waals surface area (Å²) in [5.74, 6) is -71.1. The number of benzene rings is 7. The van der Waals surface area contributed by atoms with Crippen molar-refractivity contribution in [3.05, 3.63) is 213 Å². The monoisotopic (exact) mass is 1020 g/mol. The Balaban J connectivity index is 0.000000240. The minimum atomic E-state index is -7.22. The van der Waals surface area contributed by atoms with Gasteiger partial charge in [-0.1, -0.05) is 48.5 Å². The molecule has 1 aromatic heterocycles. The van der Waals surface area contributed by atoms with Gasteiger partial charge >= 0.3 is 0 Å². The molecule has 0 atom stereocenters. The SMILES string of the molecule is Fc1c(F)c(F)c([B-](c2c(F)c(F)c(F)c(F)c2F)(c2c(F)c(F)c(F)c(F)c2F)c2c(F)c(F)c(F)c(F)c2F)c(F)c1F.O=C(C[n+]1ccc2ccccc2c1-c1ccc(O)cc1)c1ccccc1. The van der Waals surface area contributed by atoms with Crippen LogP contribution in [0.2, 0.25) is 0 Å². The molecule has 1 N–H and O–H groups in total. The fourth-order valence-electron chi connectivity index (χ4n) is 8.07. The van der Waals surface area contributed by atoms with Crippen molar-refractivity contribution in [3.63, 3.8) is 0 Å². The third kappa shape index (κ3) is 8.13. The van der Waals surface area contributed by atoms with E-state index in [0.29, 0.717) is 5.56 Å². The van der Waals surface area contributed by atoms with Crippen molar-refractivity contribution in [2.75, 3.05) is 0 Å². The van der Waals surface area contributed by atoms with Crippen LogP contribution in [0.25, 0.3) is 22.0 Å². The zero-order chi connectivity index (χ0) is 52.3. The van der Waals surface area contributed by atoms with Gasteiger partial charge < -0.3 is 5.11 Å². The number of aromatic nitrogens is 1. The van der Waals surface area contributed by atoms with Gasteiger partial charge in [0.05, 0.1) is 5.39 Å². The minimum absolute atomic E-state index is 0.0610.